The molecule has 0 aliphatic carbocycles. The van der Waals surface area contributed by atoms with Crippen molar-refractivity contribution in [2.45, 2.75) is 12.5 Å². The normalized spacial score (nSPS) is 15.6. The summed E-state index contributed by atoms with van der Waals surface area (Å²) in [4.78, 5) is 35.0. The average molecular weight is 409 g/mol. The second kappa shape index (κ2) is 7.33. The molecule has 146 valence electrons. The lowest BCUT2D eigenvalue weighted by atomic mass is 9.86. The van der Waals surface area contributed by atoms with Crippen LogP contribution in [-0.4, -0.2) is 23.1 Å². The van der Waals surface area contributed by atoms with E-state index in [2.05, 4.69) is 0 Å². The van der Waals surface area contributed by atoms with Crippen LogP contribution in [0.3, 0.4) is 0 Å². The number of carbonyl (C=O) groups is 1. The fourth-order valence-electron chi connectivity index (χ4n) is 2.85. The molecule has 2 aromatic rings. The summed E-state index contributed by atoms with van der Waals surface area (Å²) in [5, 5.41) is 20.2. The fraction of sp³-hybridized carbons (Fsp3) is 0.176. The first kappa shape index (κ1) is 19.4. The van der Waals surface area contributed by atoms with E-state index < -0.39 is 28.8 Å². The maximum absolute atomic E-state index is 12.3. The SMILES string of the molecule is COC(=O)C1=C(N)Oc2c(oc(CO)cc2=O)[C@@H]1c1ccc([N+](=O)[O-])c(Cl)c1. The van der Waals surface area contributed by atoms with Crippen molar-refractivity contribution in [1.29, 1.82) is 0 Å². The fourth-order valence-corrected chi connectivity index (χ4v) is 3.11. The summed E-state index contributed by atoms with van der Waals surface area (Å²) in [6, 6.07) is 4.76. The molecule has 10 nitrogen and oxygen atoms in total. The van der Waals surface area contributed by atoms with Crippen LogP contribution in [0.15, 0.2) is 44.9 Å². The zero-order chi connectivity index (χ0) is 20.6. The van der Waals surface area contributed by atoms with Gasteiger partial charge in [-0.25, -0.2) is 4.79 Å². The van der Waals surface area contributed by atoms with Gasteiger partial charge >= 0.3 is 5.97 Å². The van der Waals surface area contributed by atoms with Crippen molar-refractivity contribution >= 4 is 23.3 Å². The number of esters is 1. The maximum atomic E-state index is 12.3. The summed E-state index contributed by atoms with van der Waals surface area (Å²) in [5.41, 5.74) is 4.95. The van der Waals surface area contributed by atoms with E-state index in [1.165, 1.54) is 12.1 Å². The molecule has 0 amide bonds. The number of rotatable bonds is 4. The summed E-state index contributed by atoms with van der Waals surface area (Å²) in [5.74, 6) is -2.82. The lowest BCUT2D eigenvalue weighted by molar-refractivity contribution is -0.384. The molecule has 3 rings (SSSR count). The average Bonchev–Trinajstić information content (AvgIpc) is 2.66. The van der Waals surface area contributed by atoms with Crippen LogP contribution < -0.4 is 15.9 Å². The second-order valence-corrected chi connectivity index (χ2v) is 6.11. The minimum atomic E-state index is -1.10. The van der Waals surface area contributed by atoms with Gasteiger partial charge in [0.05, 0.1) is 18.0 Å². The molecular weight excluding hydrogens is 396 g/mol. The molecule has 3 N–H and O–H groups in total. The van der Waals surface area contributed by atoms with E-state index in [1.807, 2.05) is 0 Å². The molecule has 1 atom stereocenters. The molecule has 0 unspecified atom stereocenters. The van der Waals surface area contributed by atoms with E-state index >= 15 is 0 Å². The van der Waals surface area contributed by atoms with Crippen molar-refractivity contribution in [3.8, 4) is 5.75 Å². The zero-order valence-corrected chi connectivity index (χ0v) is 15.1. The van der Waals surface area contributed by atoms with Crippen LogP contribution in [0.1, 0.15) is 23.0 Å². The Balaban J connectivity index is 2.30. The molecule has 2 heterocycles. The van der Waals surface area contributed by atoms with E-state index in [9.17, 15) is 24.8 Å². The molecule has 0 saturated heterocycles. The monoisotopic (exact) mass is 408 g/mol. The minimum absolute atomic E-state index is 0.0740. The molecule has 11 heteroatoms. The number of carbonyl (C=O) groups excluding carboxylic acids is 1. The van der Waals surface area contributed by atoms with E-state index in [0.29, 0.717) is 0 Å². The number of nitrogens with two attached hydrogens (primary N) is 1. The van der Waals surface area contributed by atoms with Gasteiger partial charge in [0.2, 0.25) is 17.1 Å². The number of methoxy groups -OCH3 is 1. The Kier molecular flexibility index (Phi) is 5.08. The topological polar surface area (TPSA) is 155 Å². The third-order valence-electron chi connectivity index (χ3n) is 4.07. The number of aliphatic hydroxyl groups is 1. The van der Waals surface area contributed by atoms with Crippen LogP contribution in [0.25, 0.3) is 0 Å². The van der Waals surface area contributed by atoms with Crippen LogP contribution in [0.2, 0.25) is 5.02 Å². The Morgan fingerprint density at radius 3 is 2.71 bits per heavy atom. The highest BCUT2D eigenvalue weighted by molar-refractivity contribution is 6.32. The number of fused-ring (bicyclic) bond motifs is 1. The van der Waals surface area contributed by atoms with Crippen molar-refractivity contribution < 1.29 is 28.7 Å². The number of nitrogens with zero attached hydrogens (tertiary/aromatic N) is 1. The van der Waals surface area contributed by atoms with Gasteiger partial charge in [0.1, 0.15) is 23.0 Å². The molecule has 1 aliphatic rings. The number of benzene rings is 1. The van der Waals surface area contributed by atoms with Crippen molar-refractivity contribution in [1.82, 2.24) is 0 Å². The van der Waals surface area contributed by atoms with Gasteiger partial charge in [0.25, 0.3) is 5.69 Å². The molecule has 0 fully saturated rings. The smallest absolute Gasteiger partial charge is 0.340 e. The Morgan fingerprint density at radius 2 is 2.14 bits per heavy atom. The van der Waals surface area contributed by atoms with Gasteiger partial charge in [-0.3, -0.25) is 14.9 Å². The number of aliphatic hydroxyl groups excluding tert-OH is 1. The van der Waals surface area contributed by atoms with E-state index in [-0.39, 0.29) is 45.0 Å². The minimum Gasteiger partial charge on any atom is -0.465 e. The van der Waals surface area contributed by atoms with Crippen LogP contribution in [0.4, 0.5) is 5.69 Å². The first-order valence-electron chi connectivity index (χ1n) is 7.75. The molecule has 0 saturated carbocycles. The first-order valence-corrected chi connectivity index (χ1v) is 8.13. The van der Waals surface area contributed by atoms with Gasteiger partial charge in [-0.05, 0) is 11.6 Å². The van der Waals surface area contributed by atoms with Crippen molar-refractivity contribution in [2.75, 3.05) is 7.11 Å². The van der Waals surface area contributed by atoms with Crippen LogP contribution in [0, 0.1) is 10.1 Å². The van der Waals surface area contributed by atoms with Crippen molar-refractivity contribution in [3.63, 3.8) is 0 Å². The lowest BCUT2D eigenvalue weighted by Gasteiger charge is -2.26. The van der Waals surface area contributed by atoms with E-state index in [1.54, 1.807) is 0 Å². The zero-order valence-electron chi connectivity index (χ0n) is 14.3. The van der Waals surface area contributed by atoms with E-state index in [0.717, 1.165) is 19.2 Å². The number of hydrogen-bond donors (Lipinski definition) is 2. The Hall–Kier alpha value is -3.37. The second-order valence-electron chi connectivity index (χ2n) is 5.70. The maximum Gasteiger partial charge on any atom is 0.340 e. The standard InChI is InChI=1S/C17H13ClN2O8/c1-26-17(23)13-12(7-2-3-10(20(24)25)9(18)4-7)15-14(28-16(13)19)11(22)5-8(6-21)27-15/h2-5,12,21H,6,19H2,1H3/t12-/m1/s1. The number of ether oxygens (including phenoxy) is 2. The Morgan fingerprint density at radius 1 is 1.43 bits per heavy atom. The van der Waals surface area contributed by atoms with Gasteiger partial charge in [-0.1, -0.05) is 17.7 Å². The van der Waals surface area contributed by atoms with Crippen LogP contribution in [-0.2, 0) is 16.1 Å². The highest BCUT2D eigenvalue weighted by Gasteiger charge is 2.39. The molecule has 0 bridgehead atoms. The third-order valence-corrected chi connectivity index (χ3v) is 4.37. The highest BCUT2D eigenvalue weighted by Crippen LogP contribution is 2.43. The summed E-state index contributed by atoms with van der Waals surface area (Å²) >= 11 is 5.99. The first-order chi connectivity index (χ1) is 13.3. The lowest BCUT2D eigenvalue weighted by Crippen LogP contribution is -2.29. The van der Waals surface area contributed by atoms with Gasteiger partial charge in [0.15, 0.2) is 5.76 Å². The van der Waals surface area contributed by atoms with Gasteiger partial charge < -0.3 is 24.7 Å². The largest absolute Gasteiger partial charge is 0.465 e. The third kappa shape index (κ3) is 3.19. The van der Waals surface area contributed by atoms with Gasteiger partial charge in [-0.15, -0.1) is 0 Å². The summed E-state index contributed by atoms with van der Waals surface area (Å²) in [7, 11) is 1.12. The highest BCUT2D eigenvalue weighted by atomic mass is 35.5. The van der Waals surface area contributed by atoms with E-state index in [4.69, 9.17) is 31.2 Å². The Bertz CT molecular complexity index is 1080. The molecule has 1 aromatic heterocycles. The summed E-state index contributed by atoms with van der Waals surface area (Å²) < 4.78 is 15.5. The number of halogens is 1. The molecule has 0 spiro atoms. The summed E-state index contributed by atoms with van der Waals surface area (Å²) in [6.45, 7) is -0.580. The molecule has 28 heavy (non-hydrogen) atoms. The predicted octanol–water partition coefficient (Wildman–Crippen LogP) is 1.56. The quantitative estimate of drug-likeness (QED) is 0.435. The predicted molar refractivity (Wildman–Crippen MR) is 94.7 cm³/mol. The summed E-state index contributed by atoms with van der Waals surface area (Å²) in [6.07, 6.45) is 0. The van der Waals surface area contributed by atoms with Crippen molar-refractivity contribution in [3.05, 3.63) is 78.2 Å². The Labute approximate surface area is 161 Å². The number of nitro benzene ring substituents is 1. The van der Waals surface area contributed by atoms with Gasteiger partial charge in [0, 0.05) is 12.1 Å². The van der Waals surface area contributed by atoms with Crippen molar-refractivity contribution in [2.24, 2.45) is 5.73 Å². The molecular formula is C17H13ClN2O8. The molecule has 1 aliphatic heterocycles. The molecule has 1 aromatic carbocycles. The van der Waals surface area contributed by atoms with Crippen LogP contribution in [0.5, 0.6) is 5.75 Å². The van der Waals surface area contributed by atoms with Crippen LogP contribution >= 0.6 is 11.6 Å². The number of nitro groups is 1. The number of hydrogen-bond acceptors (Lipinski definition) is 9. The molecule has 0 radical (unpaired) electrons. The van der Waals surface area contributed by atoms with Gasteiger partial charge in [-0.2, -0.15) is 0 Å².